The molecule has 0 radical (unpaired) electrons. The molecule has 0 aromatic heterocycles. The number of ether oxygens (including phenoxy) is 2. The molecule has 0 saturated heterocycles. The molecule has 0 amide bonds. The molecule has 0 saturated carbocycles. The number of aliphatic hydroxyl groups is 1. The minimum Gasteiger partial charge on any atom is -0.733 e. The minimum atomic E-state index is -1.08. The highest BCUT2D eigenvalue weighted by Gasteiger charge is 2.19. The molecule has 0 bridgehead atoms. The lowest BCUT2D eigenvalue weighted by Gasteiger charge is -2.28. The Hall–Kier alpha value is -2.28. The summed E-state index contributed by atoms with van der Waals surface area (Å²) in [5, 5.41) is 30.7. The molecule has 2 aromatic carbocycles. The third kappa shape index (κ3) is 3.08. The van der Waals surface area contributed by atoms with Crippen molar-refractivity contribution in [3.05, 3.63) is 58.8 Å². The van der Waals surface area contributed by atoms with Crippen LogP contribution in [0.3, 0.4) is 0 Å². The number of hydrogen-bond acceptors (Lipinski definition) is 6. The zero-order chi connectivity index (χ0) is 15.4. The number of nitrogens with zero attached hydrogens (tertiary/aromatic N) is 1. The van der Waals surface area contributed by atoms with Crippen molar-refractivity contribution in [1.29, 1.82) is 0 Å². The van der Waals surface area contributed by atoms with E-state index >= 15 is 0 Å². The van der Waals surface area contributed by atoms with E-state index in [4.69, 9.17) is 9.47 Å². The van der Waals surface area contributed by atoms with Crippen LogP contribution in [0.2, 0.25) is 0 Å². The summed E-state index contributed by atoms with van der Waals surface area (Å²) in [7, 11) is 2.87. The van der Waals surface area contributed by atoms with E-state index in [-0.39, 0.29) is 22.2 Å². The van der Waals surface area contributed by atoms with Gasteiger partial charge in [0, 0.05) is 11.6 Å². The fraction of sp³-hybridized carbons (Fsp3) is 0.200. The Labute approximate surface area is 122 Å². The van der Waals surface area contributed by atoms with Crippen molar-refractivity contribution in [1.82, 2.24) is 0 Å². The van der Waals surface area contributed by atoms with E-state index in [0.29, 0.717) is 11.3 Å². The fourth-order valence-corrected chi connectivity index (χ4v) is 2.08. The average molecular weight is 290 g/mol. The average Bonchev–Trinajstić information content (AvgIpc) is 2.53. The van der Waals surface area contributed by atoms with E-state index in [9.17, 15) is 15.5 Å². The maximum atomic E-state index is 11.3. The second-order valence-electron chi connectivity index (χ2n) is 4.35. The minimum absolute atomic E-state index is 0.107. The zero-order valence-corrected chi connectivity index (χ0v) is 11.7. The maximum Gasteiger partial charge on any atom is 0.162 e. The van der Waals surface area contributed by atoms with Gasteiger partial charge in [-0.15, -0.1) is 0 Å². The SMILES string of the molecule is COc1cc([C@@H](O)c2ccccc2)c(N([O-])O)cc1OC. The van der Waals surface area contributed by atoms with E-state index in [1.54, 1.807) is 24.3 Å². The Kier molecular flexibility index (Phi) is 4.64. The standard InChI is InChI=1S/C15H16NO5/c1-20-13-8-11(12(16(18)19)9-14(13)21-2)15(17)10-6-4-3-5-7-10/h3-9,15,17-18H,1-2H3/q-1/t15-/m0/s1. The molecular formula is C15H16NO5-. The van der Waals surface area contributed by atoms with Gasteiger partial charge >= 0.3 is 0 Å². The second-order valence-corrected chi connectivity index (χ2v) is 4.35. The van der Waals surface area contributed by atoms with Gasteiger partial charge in [0.2, 0.25) is 0 Å². The van der Waals surface area contributed by atoms with Gasteiger partial charge in [0.05, 0.1) is 19.9 Å². The summed E-state index contributed by atoms with van der Waals surface area (Å²) in [6.07, 6.45) is -1.08. The lowest BCUT2D eigenvalue weighted by Crippen LogP contribution is -2.13. The molecule has 21 heavy (non-hydrogen) atoms. The van der Waals surface area contributed by atoms with E-state index < -0.39 is 6.10 Å². The first kappa shape index (κ1) is 15.1. The summed E-state index contributed by atoms with van der Waals surface area (Å²) in [4.78, 5) is 0. The summed E-state index contributed by atoms with van der Waals surface area (Å²) in [6.45, 7) is 0. The van der Waals surface area contributed by atoms with Crippen LogP contribution < -0.4 is 14.7 Å². The van der Waals surface area contributed by atoms with Crippen molar-refractivity contribution in [3.8, 4) is 11.5 Å². The van der Waals surface area contributed by atoms with Crippen molar-refractivity contribution in [2.45, 2.75) is 6.10 Å². The van der Waals surface area contributed by atoms with Crippen LogP contribution >= 0.6 is 0 Å². The molecule has 112 valence electrons. The number of rotatable bonds is 5. The van der Waals surface area contributed by atoms with Gasteiger partial charge in [0.1, 0.15) is 6.10 Å². The number of anilines is 1. The molecule has 1 atom stereocenters. The van der Waals surface area contributed by atoms with Gasteiger partial charge < -0.3 is 25.0 Å². The van der Waals surface area contributed by atoms with Gasteiger partial charge in [-0.25, -0.2) is 0 Å². The molecule has 0 heterocycles. The Morgan fingerprint density at radius 2 is 1.62 bits per heavy atom. The molecule has 0 fully saturated rings. The molecule has 2 aromatic rings. The molecule has 0 aliphatic carbocycles. The fourth-order valence-electron chi connectivity index (χ4n) is 2.08. The van der Waals surface area contributed by atoms with Crippen LogP contribution in [0, 0.1) is 5.21 Å². The van der Waals surface area contributed by atoms with Gasteiger partial charge in [-0.2, -0.15) is 0 Å². The van der Waals surface area contributed by atoms with E-state index in [1.807, 2.05) is 6.07 Å². The van der Waals surface area contributed by atoms with Crippen molar-refractivity contribution in [3.63, 3.8) is 0 Å². The van der Waals surface area contributed by atoms with Crippen LogP contribution in [0.4, 0.5) is 5.69 Å². The molecule has 0 spiro atoms. The predicted molar refractivity (Wildman–Crippen MR) is 77.7 cm³/mol. The summed E-state index contributed by atoms with van der Waals surface area (Å²) in [5.74, 6) is 0.638. The van der Waals surface area contributed by atoms with Crippen molar-refractivity contribution in [2.24, 2.45) is 0 Å². The first-order chi connectivity index (χ1) is 10.1. The highest BCUT2D eigenvalue weighted by Crippen LogP contribution is 2.39. The van der Waals surface area contributed by atoms with Gasteiger partial charge in [-0.3, -0.25) is 5.21 Å². The normalized spacial score (nSPS) is 11.9. The number of hydrogen-bond donors (Lipinski definition) is 2. The third-order valence-corrected chi connectivity index (χ3v) is 3.15. The van der Waals surface area contributed by atoms with Crippen LogP contribution in [-0.4, -0.2) is 24.5 Å². The van der Waals surface area contributed by atoms with Crippen LogP contribution in [0.25, 0.3) is 0 Å². The summed E-state index contributed by atoms with van der Waals surface area (Å²) in [5.41, 5.74) is 0.702. The molecule has 0 aliphatic heterocycles. The smallest absolute Gasteiger partial charge is 0.162 e. The topological polar surface area (TPSA) is 85.2 Å². The summed E-state index contributed by atoms with van der Waals surface area (Å²) < 4.78 is 10.2. The van der Waals surface area contributed by atoms with Gasteiger partial charge in [-0.05, 0) is 11.6 Å². The maximum absolute atomic E-state index is 11.3. The molecule has 6 heteroatoms. The van der Waals surface area contributed by atoms with Crippen LogP contribution in [0.5, 0.6) is 11.5 Å². The van der Waals surface area contributed by atoms with Crippen molar-refractivity contribution in [2.75, 3.05) is 19.4 Å². The number of aliphatic hydroxyl groups excluding tert-OH is 1. The molecule has 2 rings (SSSR count). The Bertz CT molecular complexity index is 601. The zero-order valence-electron chi connectivity index (χ0n) is 11.7. The first-order valence-electron chi connectivity index (χ1n) is 6.23. The molecule has 0 aliphatic rings. The summed E-state index contributed by atoms with van der Waals surface area (Å²) >= 11 is 0. The molecular weight excluding hydrogens is 274 g/mol. The molecule has 6 nitrogen and oxygen atoms in total. The Balaban J connectivity index is 2.55. The van der Waals surface area contributed by atoms with Crippen LogP contribution in [0.15, 0.2) is 42.5 Å². The lowest BCUT2D eigenvalue weighted by molar-refractivity contribution is 0.216. The highest BCUT2D eigenvalue weighted by atomic mass is 16.8. The quantitative estimate of drug-likeness (QED) is 0.823. The lowest BCUT2D eigenvalue weighted by atomic mass is 9.99. The first-order valence-corrected chi connectivity index (χ1v) is 6.23. The Morgan fingerprint density at radius 1 is 1.05 bits per heavy atom. The van der Waals surface area contributed by atoms with Crippen molar-refractivity contribution >= 4 is 5.69 Å². The number of benzene rings is 2. The predicted octanol–water partition coefficient (Wildman–Crippen LogP) is 2.48. The Morgan fingerprint density at radius 3 is 2.14 bits per heavy atom. The molecule has 0 unspecified atom stereocenters. The van der Waals surface area contributed by atoms with Gasteiger partial charge in [0.15, 0.2) is 11.5 Å². The van der Waals surface area contributed by atoms with Gasteiger partial charge in [-0.1, -0.05) is 30.3 Å². The number of methoxy groups -OCH3 is 2. The van der Waals surface area contributed by atoms with Gasteiger partial charge in [0.25, 0.3) is 0 Å². The third-order valence-electron chi connectivity index (χ3n) is 3.15. The monoisotopic (exact) mass is 290 g/mol. The molecule has 2 N–H and O–H groups in total. The van der Waals surface area contributed by atoms with E-state index in [1.165, 1.54) is 26.4 Å². The van der Waals surface area contributed by atoms with Crippen LogP contribution in [-0.2, 0) is 0 Å². The van der Waals surface area contributed by atoms with E-state index in [0.717, 1.165) is 0 Å². The van der Waals surface area contributed by atoms with E-state index in [2.05, 4.69) is 0 Å². The van der Waals surface area contributed by atoms with Crippen LogP contribution in [0.1, 0.15) is 17.2 Å². The second kappa shape index (κ2) is 6.45. The largest absolute Gasteiger partial charge is 0.733 e. The summed E-state index contributed by atoms with van der Waals surface area (Å²) in [6, 6.07) is 11.6. The highest BCUT2D eigenvalue weighted by molar-refractivity contribution is 5.63. The van der Waals surface area contributed by atoms with Crippen molar-refractivity contribution < 1.29 is 19.8 Å².